The van der Waals surface area contributed by atoms with Gasteiger partial charge < -0.3 is 10.6 Å². The van der Waals surface area contributed by atoms with E-state index < -0.39 is 11.6 Å². The van der Waals surface area contributed by atoms with Gasteiger partial charge in [-0.2, -0.15) is 0 Å². The molecule has 4 atom stereocenters. The van der Waals surface area contributed by atoms with E-state index in [1.54, 1.807) is 0 Å². The highest BCUT2D eigenvalue weighted by atomic mass is 19.2. The zero-order valence-electron chi connectivity index (χ0n) is 14.2. The molecule has 1 amide bonds. The molecule has 0 bridgehead atoms. The largest absolute Gasteiger partial charge is 0.342 e. The lowest BCUT2D eigenvalue weighted by molar-refractivity contribution is -0.131. The van der Waals surface area contributed by atoms with E-state index in [1.807, 2.05) is 4.90 Å². The summed E-state index contributed by atoms with van der Waals surface area (Å²) in [5, 5.41) is 0. The van der Waals surface area contributed by atoms with E-state index in [0.717, 1.165) is 30.6 Å². The molecular weight excluding hydrogens is 310 g/mol. The first kappa shape index (κ1) is 16.0. The Morgan fingerprint density at radius 3 is 2.58 bits per heavy atom. The van der Waals surface area contributed by atoms with Crippen LogP contribution in [0.15, 0.2) is 12.1 Å². The van der Waals surface area contributed by atoms with Gasteiger partial charge in [-0.1, -0.05) is 13.8 Å². The van der Waals surface area contributed by atoms with Gasteiger partial charge in [-0.05, 0) is 53.4 Å². The van der Waals surface area contributed by atoms with Crippen LogP contribution in [-0.2, 0) is 11.2 Å². The third-order valence-corrected chi connectivity index (χ3v) is 6.71. The van der Waals surface area contributed by atoms with Crippen LogP contribution < -0.4 is 5.73 Å². The smallest absolute Gasteiger partial charge is 0.224 e. The molecule has 2 aliphatic carbocycles. The molecule has 24 heavy (non-hydrogen) atoms. The lowest BCUT2D eigenvalue weighted by atomic mass is 9.91. The average Bonchev–Trinajstić information content (AvgIpc) is 2.95. The van der Waals surface area contributed by atoms with Crippen molar-refractivity contribution in [3.8, 4) is 0 Å². The van der Waals surface area contributed by atoms with E-state index in [-0.39, 0.29) is 24.3 Å². The Morgan fingerprint density at radius 1 is 1.29 bits per heavy atom. The molecule has 1 saturated heterocycles. The Morgan fingerprint density at radius 2 is 1.92 bits per heavy atom. The van der Waals surface area contributed by atoms with Gasteiger partial charge in [0.1, 0.15) is 0 Å². The summed E-state index contributed by atoms with van der Waals surface area (Å²) < 4.78 is 26.9. The van der Waals surface area contributed by atoms with Gasteiger partial charge in [-0.15, -0.1) is 0 Å². The van der Waals surface area contributed by atoms with Gasteiger partial charge in [0.15, 0.2) is 11.6 Å². The summed E-state index contributed by atoms with van der Waals surface area (Å²) in [6.07, 6.45) is 1.73. The van der Waals surface area contributed by atoms with Crippen molar-refractivity contribution in [3.05, 3.63) is 34.9 Å². The number of rotatable bonds is 3. The molecule has 1 aliphatic heterocycles. The minimum absolute atomic E-state index is 0.0624. The topological polar surface area (TPSA) is 46.3 Å². The van der Waals surface area contributed by atoms with Gasteiger partial charge in [0, 0.05) is 31.5 Å². The van der Waals surface area contributed by atoms with Gasteiger partial charge in [-0.25, -0.2) is 8.78 Å². The summed E-state index contributed by atoms with van der Waals surface area (Å²) in [5.74, 6) is -0.350. The molecule has 1 aromatic carbocycles. The van der Waals surface area contributed by atoms with Crippen molar-refractivity contribution in [2.24, 2.45) is 23.0 Å². The van der Waals surface area contributed by atoms with Gasteiger partial charge in [0.2, 0.25) is 5.91 Å². The van der Waals surface area contributed by atoms with E-state index in [0.29, 0.717) is 23.7 Å². The van der Waals surface area contributed by atoms with Gasteiger partial charge >= 0.3 is 0 Å². The van der Waals surface area contributed by atoms with E-state index in [9.17, 15) is 13.6 Å². The summed E-state index contributed by atoms with van der Waals surface area (Å²) >= 11 is 0. The maximum Gasteiger partial charge on any atom is 0.224 e. The number of hydrogen-bond acceptors (Lipinski definition) is 2. The van der Waals surface area contributed by atoms with Crippen LogP contribution in [0.2, 0.25) is 0 Å². The van der Waals surface area contributed by atoms with Crippen LogP contribution in [-0.4, -0.2) is 29.9 Å². The Bertz CT molecular complexity index is 689. The quantitative estimate of drug-likeness (QED) is 0.924. The first-order valence-electron chi connectivity index (χ1n) is 8.80. The summed E-state index contributed by atoms with van der Waals surface area (Å²) in [6, 6.07) is 2.20. The summed E-state index contributed by atoms with van der Waals surface area (Å²) in [7, 11) is 0. The molecular formula is C19H24F2N2O. The minimum Gasteiger partial charge on any atom is -0.342 e. The van der Waals surface area contributed by atoms with Gasteiger partial charge in [-0.3, -0.25) is 4.79 Å². The van der Waals surface area contributed by atoms with Crippen molar-refractivity contribution in [1.29, 1.82) is 0 Å². The Labute approximate surface area is 141 Å². The van der Waals surface area contributed by atoms with E-state index in [4.69, 9.17) is 5.73 Å². The number of hydrogen-bond donors (Lipinski definition) is 1. The fraction of sp³-hybridized carbons (Fsp3) is 0.632. The number of aryl methyl sites for hydroxylation is 1. The van der Waals surface area contributed by atoms with Crippen LogP contribution in [0.1, 0.15) is 43.7 Å². The number of halogens is 2. The highest BCUT2D eigenvalue weighted by Crippen LogP contribution is 2.62. The predicted octanol–water partition coefficient (Wildman–Crippen LogP) is 2.83. The second-order valence-corrected chi connectivity index (χ2v) is 8.31. The highest BCUT2D eigenvalue weighted by molar-refractivity contribution is 5.77. The number of likely N-dealkylation sites (tertiary alicyclic amines) is 1. The number of benzene rings is 1. The number of carbonyl (C=O) groups is 1. The first-order chi connectivity index (χ1) is 11.3. The fourth-order valence-electron chi connectivity index (χ4n) is 4.88. The number of amides is 1. The molecule has 130 valence electrons. The monoisotopic (exact) mass is 334 g/mol. The maximum absolute atomic E-state index is 13.5. The van der Waals surface area contributed by atoms with Crippen LogP contribution in [0.5, 0.6) is 0 Å². The molecule has 2 N–H and O–H groups in total. The van der Waals surface area contributed by atoms with E-state index in [1.165, 1.54) is 12.1 Å². The number of carbonyl (C=O) groups excluding carboxylic acids is 1. The predicted molar refractivity (Wildman–Crippen MR) is 87.4 cm³/mol. The summed E-state index contributed by atoms with van der Waals surface area (Å²) in [4.78, 5) is 14.5. The SMILES string of the molecule is CC1(C)C2CN(C(=O)C[C@H](N)[C@H]3CCc4cc(F)c(F)cc43)CC21. The molecule has 0 radical (unpaired) electrons. The Balaban J connectivity index is 1.41. The second-order valence-electron chi connectivity index (χ2n) is 8.31. The minimum atomic E-state index is -0.832. The summed E-state index contributed by atoms with van der Waals surface area (Å²) in [6.45, 7) is 6.20. The van der Waals surface area contributed by atoms with Crippen molar-refractivity contribution in [1.82, 2.24) is 4.90 Å². The average molecular weight is 334 g/mol. The molecule has 2 fully saturated rings. The van der Waals surface area contributed by atoms with E-state index >= 15 is 0 Å². The van der Waals surface area contributed by atoms with Crippen LogP contribution >= 0.6 is 0 Å². The summed E-state index contributed by atoms with van der Waals surface area (Å²) in [5.41, 5.74) is 8.27. The number of fused-ring (bicyclic) bond motifs is 2. The third-order valence-electron chi connectivity index (χ3n) is 6.71. The highest BCUT2D eigenvalue weighted by Gasteiger charge is 2.62. The first-order valence-corrected chi connectivity index (χ1v) is 8.80. The lowest BCUT2D eigenvalue weighted by Crippen LogP contribution is -2.39. The molecule has 0 spiro atoms. The molecule has 3 aliphatic rings. The van der Waals surface area contributed by atoms with E-state index in [2.05, 4.69) is 13.8 Å². The second kappa shape index (κ2) is 5.25. The number of nitrogens with zero attached hydrogens (tertiary/aromatic N) is 1. The zero-order chi connectivity index (χ0) is 17.2. The van der Waals surface area contributed by atoms with Crippen LogP contribution in [0.3, 0.4) is 0 Å². The third kappa shape index (κ3) is 2.36. The molecule has 4 rings (SSSR count). The van der Waals surface area contributed by atoms with Crippen LogP contribution in [0.25, 0.3) is 0 Å². The van der Waals surface area contributed by atoms with Gasteiger partial charge in [0.05, 0.1) is 0 Å². The zero-order valence-corrected chi connectivity index (χ0v) is 14.2. The van der Waals surface area contributed by atoms with Crippen LogP contribution in [0.4, 0.5) is 8.78 Å². The number of nitrogens with two attached hydrogens (primary N) is 1. The van der Waals surface area contributed by atoms with Crippen molar-refractivity contribution in [3.63, 3.8) is 0 Å². The molecule has 1 heterocycles. The molecule has 3 nitrogen and oxygen atoms in total. The van der Waals surface area contributed by atoms with Gasteiger partial charge in [0.25, 0.3) is 0 Å². The Kier molecular flexibility index (Phi) is 3.50. The van der Waals surface area contributed by atoms with Crippen molar-refractivity contribution in [2.45, 2.75) is 45.1 Å². The normalized spacial score (nSPS) is 30.9. The van der Waals surface area contributed by atoms with Crippen molar-refractivity contribution >= 4 is 5.91 Å². The number of piperidine rings is 1. The molecule has 0 aromatic heterocycles. The Hall–Kier alpha value is -1.49. The maximum atomic E-state index is 13.5. The molecule has 1 aromatic rings. The van der Waals surface area contributed by atoms with Crippen LogP contribution in [0, 0.1) is 28.9 Å². The molecule has 5 heteroatoms. The lowest BCUT2D eigenvalue weighted by Gasteiger charge is -2.26. The van der Waals surface area contributed by atoms with Crippen molar-refractivity contribution < 1.29 is 13.6 Å². The molecule has 1 saturated carbocycles. The van der Waals surface area contributed by atoms with Crippen molar-refractivity contribution in [2.75, 3.05) is 13.1 Å². The standard InChI is InChI=1S/C19H24F2N2O/c1-19(2)13-8-23(9-14(13)19)18(24)7-17(22)11-4-3-10-5-15(20)16(21)6-12(10)11/h5-6,11,13-14,17H,3-4,7-9,22H2,1-2H3/t11-,13?,14?,17-/m0/s1. The molecule has 2 unspecified atom stereocenters. The fourth-order valence-corrected chi connectivity index (χ4v) is 4.88.